The minimum Gasteiger partial charge on any atom is -0.486 e. The molecular formula is C14H16N2O3. The highest BCUT2D eigenvalue weighted by atomic mass is 16.6. The summed E-state index contributed by atoms with van der Waals surface area (Å²) in [5.41, 5.74) is 0.987. The Morgan fingerprint density at radius 1 is 1.32 bits per heavy atom. The van der Waals surface area contributed by atoms with Crippen molar-refractivity contribution in [1.82, 2.24) is 9.78 Å². The molecule has 0 radical (unpaired) electrons. The second-order valence-corrected chi connectivity index (χ2v) is 4.26. The fraction of sp³-hybridized carbons (Fsp3) is 0.357. The summed E-state index contributed by atoms with van der Waals surface area (Å²) in [6.07, 6.45) is 3.60. The molecule has 19 heavy (non-hydrogen) atoms. The molecule has 5 nitrogen and oxygen atoms in total. The molecule has 5 heteroatoms. The molecule has 0 atom stereocenters. The van der Waals surface area contributed by atoms with Gasteiger partial charge in [-0.3, -0.25) is 4.68 Å². The van der Waals surface area contributed by atoms with Crippen LogP contribution in [-0.2, 0) is 13.2 Å². The van der Waals surface area contributed by atoms with Crippen molar-refractivity contribution >= 4 is 0 Å². The Balaban J connectivity index is 1.73. The number of nitrogens with zero attached hydrogens (tertiary/aromatic N) is 2. The number of rotatable bonds is 4. The van der Waals surface area contributed by atoms with Crippen molar-refractivity contribution in [3.8, 4) is 17.2 Å². The van der Waals surface area contributed by atoms with Crippen LogP contribution in [0.2, 0.25) is 0 Å². The van der Waals surface area contributed by atoms with Gasteiger partial charge in [0.1, 0.15) is 19.8 Å². The maximum atomic E-state index is 5.72. The summed E-state index contributed by atoms with van der Waals surface area (Å²) in [6.45, 7) is 4.50. The maximum absolute atomic E-state index is 5.72. The second kappa shape index (κ2) is 5.22. The molecule has 0 N–H and O–H groups in total. The predicted octanol–water partition coefficient (Wildman–Crippen LogP) is 2.25. The lowest BCUT2D eigenvalue weighted by Crippen LogP contribution is -2.16. The smallest absolute Gasteiger partial charge is 0.167 e. The lowest BCUT2D eigenvalue weighted by Gasteiger charge is -2.20. The van der Waals surface area contributed by atoms with E-state index in [1.54, 1.807) is 6.20 Å². The summed E-state index contributed by atoms with van der Waals surface area (Å²) in [5.74, 6) is 2.34. The minimum absolute atomic E-state index is 0.446. The van der Waals surface area contributed by atoms with E-state index >= 15 is 0 Å². The first-order valence-electron chi connectivity index (χ1n) is 6.39. The number of aryl methyl sites for hydroxylation is 1. The maximum Gasteiger partial charge on any atom is 0.167 e. The van der Waals surface area contributed by atoms with Crippen LogP contribution in [-0.4, -0.2) is 23.0 Å². The number of aromatic nitrogens is 2. The SMILES string of the molecule is CCn1cc(OCc2cccc3c2OCCO3)cn1. The lowest BCUT2D eigenvalue weighted by atomic mass is 10.2. The molecule has 0 aliphatic carbocycles. The Labute approximate surface area is 111 Å². The molecule has 0 amide bonds. The molecule has 0 fully saturated rings. The standard InChI is InChI=1S/C14H16N2O3/c1-2-16-9-12(8-15-16)19-10-11-4-3-5-13-14(11)18-7-6-17-13/h3-5,8-9H,2,6-7,10H2,1H3. The number of benzene rings is 1. The topological polar surface area (TPSA) is 45.5 Å². The van der Waals surface area contributed by atoms with Gasteiger partial charge in [0, 0.05) is 12.1 Å². The number of hydrogen-bond acceptors (Lipinski definition) is 4. The van der Waals surface area contributed by atoms with Crippen LogP contribution in [0.3, 0.4) is 0 Å². The molecule has 1 aliphatic rings. The number of ether oxygens (including phenoxy) is 3. The normalized spacial score (nSPS) is 13.3. The molecule has 0 unspecified atom stereocenters. The van der Waals surface area contributed by atoms with E-state index in [2.05, 4.69) is 5.10 Å². The van der Waals surface area contributed by atoms with Crippen LogP contribution in [0.25, 0.3) is 0 Å². The van der Waals surface area contributed by atoms with E-state index in [9.17, 15) is 0 Å². The highest BCUT2D eigenvalue weighted by molar-refractivity contribution is 5.47. The lowest BCUT2D eigenvalue weighted by molar-refractivity contribution is 0.166. The molecule has 1 aromatic carbocycles. The molecule has 0 spiro atoms. The van der Waals surface area contributed by atoms with E-state index < -0.39 is 0 Å². The van der Waals surface area contributed by atoms with Crippen LogP contribution < -0.4 is 14.2 Å². The summed E-state index contributed by atoms with van der Waals surface area (Å²) in [7, 11) is 0. The highest BCUT2D eigenvalue weighted by Gasteiger charge is 2.15. The summed E-state index contributed by atoms with van der Waals surface area (Å²) in [5, 5.41) is 4.17. The van der Waals surface area contributed by atoms with E-state index in [-0.39, 0.29) is 0 Å². The van der Waals surface area contributed by atoms with Gasteiger partial charge < -0.3 is 14.2 Å². The first-order valence-corrected chi connectivity index (χ1v) is 6.39. The Kier molecular flexibility index (Phi) is 3.27. The molecular weight excluding hydrogens is 244 g/mol. The van der Waals surface area contributed by atoms with Crippen LogP contribution in [0.4, 0.5) is 0 Å². The van der Waals surface area contributed by atoms with E-state index in [1.807, 2.05) is 36.0 Å². The molecule has 1 aromatic heterocycles. The van der Waals surface area contributed by atoms with Gasteiger partial charge in [-0.1, -0.05) is 12.1 Å². The van der Waals surface area contributed by atoms with Crippen molar-refractivity contribution in [2.75, 3.05) is 13.2 Å². The summed E-state index contributed by atoms with van der Waals surface area (Å²) in [6, 6.07) is 5.84. The Bertz CT molecular complexity index is 566. The highest BCUT2D eigenvalue weighted by Crippen LogP contribution is 2.34. The van der Waals surface area contributed by atoms with Gasteiger partial charge in [-0.15, -0.1) is 0 Å². The predicted molar refractivity (Wildman–Crippen MR) is 69.7 cm³/mol. The fourth-order valence-corrected chi connectivity index (χ4v) is 2.00. The fourth-order valence-electron chi connectivity index (χ4n) is 2.00. The average molecular weight is 260 g/mol. The molecule has 0 saturated heterocycles. The van der Waals surface area contributed by atoms with E-state index in [1.165, 1.54) is 0 Å². The zero-order valence-corrected chi connectivity index (χ0v) is 10.8. The van der Waals surface area contributed by atoms with Crippen LogP contribution in [0.5, 0.6) is 17.2 Å². The monoisotopic (exact) mass is 260 g/mol. The summed E-state index contributed by atoms with van der Waals surface area (Å²) >= 11 is 0. The van der Waals surface area contributed by atoms with Crippen LogP contribution in [0, 0.1) is 0 Å². The molecule has 0 saturated carbocycles. The molecule has 2 heterocycles. The summed E-state index contributed by atoms with van der Waals surface area (Å²) < 4.78 is 18.7. The first kappa shape index (κ1) is 11.9. The van der Waals surface area contributed by atoms with Gasteiger partial charge in [-0.05, 0) is 13.0 Å². The van der Waals surface area contributed by atoms with Gasteiger partial charge in [0.15, 0.2) is 17.2 Å². The Morgan fingerprint density at radius 2 is 2.21 bits per heavy atom. The van der Waals surface area contributed by atoms with Crippen molar-refractivity contribution in [2.24, 2.45) is 0 Å². The van der Waals surface area contributed by atoms with Crippen molar-refractivity contribution in [1.29, 1.82) is 0 Å². The van der Waals surface area contributed by atoms with Crippen molar-refractivity contribution in [3.05, 3.63) is 36.2 Å². The Hall–Kier alpha value is -2.17. The zero-order valence-electron chi connectivity index (χ0n) is 10.8. The third-order valence-corrected chi connectivity index (χ3v) is 2.98. The molecule has 3 rings (SSSR count). The van der Waals surface area contributed by atoms with Crippen molar-refractivity contribution in [3.63, 3.8) is 0 Å². The number of hydrogen-bond donors (Lipinski definition) is 0. The van der Waals surface area contributed by atoms with Gasteiger partial charge >= 0.3 is 0 Å². The van der Waals surface area contributed by atoms with Gasteiger partial charge in [0.25, 0.3) is 0 Å². The molecule has 2 aromatic rings. The van der Waals surface area contributed by atoms with E-state index in [0.29, 0.717) is 19.8 Å². The van der Waals surface area contributed by atoms with E-state index in [4.69, 9.17) is 14.2 Å². The largest absolute Gasteiger partial charge is 0.486 e. The van der Waals surface area contributed by atoms with Crippen molar-refractivity contribution < 1.29 is 14.2 Å². The second-order valence-electron chi connectivity index (χ2n) is 4.26. The average Bonchev–Trinajstić information content (AvgIpc) is 2.93. The van der Waals surface area contributed by atoms with Gasteiger partial charge in [0.05, 0.1) is 12.4 Å². The van der Waals surface area contributed by atoms with E-state index in [0.717, 1.165) is 29.4 Å². The first-order chi connectivity index (χ1) is 9.36. The molecule has 100 valence electrons. The van der Waals surface area contributed by atoms with Gasteiger partial charge in [0.2, 0.25) is 0 Å². The number of para-hydroxylation sites is 1. The van der Waals surface area contributed by atoms with Gasteiger partial charge in [-0.2, -0.15) is 5.10 Å². The van der Waals surface area contributed by atoms with Crippen LogP contribution >= 0.6 is 0 Å². The quantitative estimate of drug-likeness (QED) is 0.846. The van der Waals surface area contributed by atoms with Crippen LogP contribution in [0.1, 0.15) is 12.5 Å². The molecule has 0 bridgehead atoms. The summed E-state index contributed by atoms with van der Waals surface area (Å²) in [4.78, 5) is 0. The Morgan fingerprint density at radius 3 is 3.05 bits per heavy atom. The minimum atomic E-state index is 0.446. The third-order valence-electron chi connectivity index (χ3n) is 2.98. The molecule has 1 aliphatic heterocycles. The van der Waals surface area contributed by atoms with Crippen LogP contribution in [0.15, 0.2) is 30.6 Å². The zero-order chi connectivity index (χ0) is 13.1. The van der Waals surface area contributed by atoms with Gasteiger partial charge in [-0.25, -0.2) is 0 Å². The number of fused-ring (bicyclic) bond motifs is 1. The van der Waals surface area contributed by atoms with Crippen molar-refractivity contribution in [2.45, 2.75) is 20.1 Å². The third kappa shape index (κ3) is 2.50.